The summed E-state index contributed by atoms with van der Waals surface area (Å²) in [5, 5.41) is 9.94. The van der Waals surface area contributed by atoms with Gasteiger partial charge in [-0.3, -0.25) is 4.90 Å². The summed E-state index contributed by atoms with van der Waals surface area (Å²) < 4.78 is 24.7. The van der Waals surface area contributed by atoms with E-state index in [0.29, 0.717) is 36.6 Å². The van der Waals surface area contributed by atoms with Gasteiger partial charge in [0.25, 0.3) is 0 Å². The molecule has 3 aromatic carbocycles. The number of imidazole rings is 2. The molecule has 2 aliphatic rings. The zero-order valence-corrected chi connectivity index (χ0v) is 23.3. The summed E-state index contributed by atoms with van der Waals surface area (Å²) in [6, 6.07) is 16.2. The first-order valence-corrected chi connectivity index (χ1v) is 14.2. The van der Waals surface area contributed by atoms with E-state index in [2.05, 4.69) is 27.0 Å². The predicted octanol–water partition coefficient (Wildman–Crippen LogP) is 5.66. The highest BCUT2D eigenvalue weighted by atomic mass is 35.5. The molecule has 1 N–H and O–H groups in total. The molecule has 0 bridgehead atoms. The predicted molar refractivity (Wildman–Crippen MR) is 154 cm³/mol. The van der Waals surface area contributed by atoms with Gasteiger partial charge in [-0.1, -0.05) is 29.8 Å². The molecule has 1 unspecified atom stereocenters. The lowest BCUT2D eigenvalue weighted by molar-refractivity contribution is -0.0593. The SMILES string of the molecule is CC1Cn2c(nc3c(Cc4ccc(Cl)cc4F)cccc32)CN1Cc1nc2ccc(C(=O)O)cc2n1C[C@@H]1CCO1. The van der Waals surface area contributed by atoms with E-state index in [-0.39, 0.29) is 23.5 Å². The van der Waals surface area contributed by atoms with Crippen molar-refractivity contribution in [2.24, 2.45) is 0 Å². The Balaban J connectivity index is 1.20. The minimum atomic E-state index is -0.956. The highest BCUT2D eigenvalue weighted by Crippen LogP contribution is 2.30. The summed E-state index contributed by atoms with van der Waals surface area (Å²) in [6.45, 7) is 5.58. The minimum absolute atomic E-state index is 0.103. The Morgan fingerprint density at radius 1 is 1.12 bits per heavy atom. The molecule has 2 aliphatic heterocycles. The molecule has 7 rings (SSSR count). The molecular formula is C31H29ClFN5O3. The highest BCUT2D eigenvalue weighted by Gasteiger charge is 2.29. The number of hydrogen-bond donors (Lipinski definition) is 1. The largest absolute Gasteiger partial charge is 0.478 e. The average Bonchev–Trinajstić information content (AvgIpc) is 3.45. The Bertz CT molecular complexity index is 1810. The van der Waals surface area contributed by atoms with Crippen LogP contribution in [0.25, 0.3) is 22.1 Å². The molecule has 0 saturated carbocycles. The van der Waals surface area contributed by atoms with Crippen LogP contribution in [0.1, 0.15) is 46.5 Å². The number of aromatic nitrogens is 4. The Morgan fingerprint density at radius 3 is 2.73 bits per heavy atom. The molecule has 8 nitrogen and oxygen atoms in total. The van der Waals surface area contributed by atoms with E-state index in [4.69, 9.17) is 26.3 Å². The van der Waals surface area contributed by atoms with Gasteiger partial charge in [0.15, 0.2) is 0 Å². The summed E-state index contributed by atoms with van der Waals surface area (Å²) in [4.78, 5) is 24.0. The fraction of sp³-hybridized carbons (Fsp3) is 0.323. The van der Waals surface area contributed by atoms with Crippen molar-refractivity contribution in [3.05, 3.63) is 93.8 Å². The van der Waals surface area contributed by atoms with Crippen molar-refractivity contribution in [3.8, 4) is 0 Å². The first-order valence-electron chi connectivity index (χ1n) is 13.8. The fourth-order valence-corrected chi connectivity index (χ4v) is 6.12. The molecule has 2 aromatic heterocycles. The van der Waals surface area contributed by atoms with Crippen LogP contribution < -0.4 is 0 Å². The Labute approximate surface area is 240 Å². The van der Waals surface area contributed by atoms with Crippen molar-refractivity contribution in [3.63, 3.8) is 0 Å². The number of rotatable bonds is 7. The number of halogens is 2. The fourth-order valence-electron chi connectivity index (χ4n) is 5.96. The molecule has 0 amide bonds. The molecule has 1 saturated heterocycles. The van der Waals surface area contributed by atoms with E-state index in [1.807, 2.05) is 12.1 Å². The van der Waals surface area contributed by atoms with Gasteiger partial charge in [-0.05, 0) is 60.9 Å². The molecule has 210 valence electrons. The summed E-state index contributed by atoms with van der Waals surface area (Å²) >= 11 is 5.96. The van der Waals surface area contributed by atoms with Crippen LogP contribution in [0, 0.1) is 5.82 Å². The van der Waals surface area contributed by atoms with Crippen molar-refractivity contribution >= 4 is 39.6 Å². The maximum absolute atomic E-state index is 14.6. The van der Waals surface area contributed by atoms with Crippen LogP contribution in [0.5, 0.6) is 0 Å². The third kappa shape index (κ3) is 4.77. The van der Waals surface area contributed by atoms with Gasteiger partial charge in [-0.15, -0.1) is 0 Å². The van der Waals surface area contributed by atoms with Crippen molar-refractivity contribution in [1.82, 2.24) is 24.0 Å². The molecule has 10 heteroatoms. The number of ether oxygens (including phenoxy) is 1. The second kappa shape index (κ2) is 10.2. The van der Waals surface area contributed by atoms with Crippen molar-refractivity contribution in [1.29, 1.82) is 0 Å². The molecule has 0 spiro atoms. The first-order chi connectivity index (χ1) is 19.8. The van der Waals surface area contributed by atoms with Crippen LogP contribution in [0.15, 0.2) is 54.6 Å². The maximum atomic E-state index is 14.6. The van der Waals surface area contributed by atoms with Crippen LogP contribution in [0.4, 0.5) is 4.39 Å². The Kier molecular flexibility index (Phi) is 6.53. The average molecular weight is 574 g/mol. The van der Waals surface area contributed by atoms with Gasteiger partial charge in [-0.2, -0.15) is 0 Å². The molecule has 0 radical (unpaired) electrons. The standard InChI is InChI=1S/C31H29ClFN5O3/c1-18-14-37-26-4-2-3-20(11-19-5-7-22(32)13-24(19)33)30(26)35-29(37)17-36(18)16-28-34-25-8-6-21(31(39)40)12-27(25)38(28)15-23-9-10-41-23/h2-8,12-13,18,23H,9-11,14-17H2,1H3,(H,39,40)/t18?,23-/m0/s1. The Morgan fingerprint density at radius 2 is 1.98 bits per heavy atom. The van der Waals surface area contributed by atoms with Crippen molar-refractivity contribution in [2.75, 3.05) is 6.61 Å². The molecule has 41 heavy (non-hydrogen) atoms. The summed E-state index contributed by atoms with van der Waals surface area (Å²) in [6.07, 6.45) is 1.51. The van der Waals surface area contributed by atoms with Crippen LogP contribution in [0.2, 0.25) is 5.02 Å². The molecule has 5 aromatic rings. The monoisotopic (exact) mass is 573 g/mol. The molecular weight excluding hydrogens is 545 g/mol. The third-order valence-electron chi connectivity index (χ3n) is 8.35. The van der Waals surface area contributed by atoms with Gasteiger partial charge in [0, 0.05) is 30.6 Å². The van der Waals surface area contributed by atoms with E-state index in [1.54, 1.807) is 30.3 Å². The number of nitrogens with zero attached hydrogens (tertiary/aromatic N) is 5. The minimum Gasteiger partial charge on any atom is -0.478 e. The summed E-state index contributed by atoms with van der Waals surface area (Å²) in [5.74, 6) is 0.570. The van der Waals surface area contributed by atoms with E-state index < -0.39 is 5.97 Å². The smallest absolute Gasteiger partial charge is 0.335 e. The molecule has 4 heterocycles. The van der Waals surface area contributed by atoms with Gasteiger partial charge in [0.2, 0.25) is 0 Å². The van der Waals surface area contributed by atoms with Gasteiger partial charge in [0.1, 0.15) is 17.5 Å². The lowest BCUT2D eigenvalue weighted by atomic mass is 10.0. The highest BCUT2D eigenvalue weighted by molar-refractivity contribution is 6.30. The van der Waals surface area contributed by atoms with E-state index in [1.165, 1.54) is 6.07 Å². The quantitative estimate of drug-likeness (QED) is 0.270. The number of para-hydroxylation sites is 1. The van der Waals surface area contributed by atoms with Gasteiger partial charge in [-0.25, -0.2) is 19.2 Å². The molecule has 1 fully saturated rings. The van der Waals surface area contributed by atoms with Crippen LogP contribution in [0.3, 0.4) is 0 Å². The van der Waals surface area contributed by atoms with Gasteiger partial charge >= 0.3 is 5.97 Å². The van der Waals surface area contributed by atoms with Gasteiger partial charge in [0.05, 0.1) is 53.4 Å². The van der Waals surface area contributed by atoms with E-state index >= 15 is 0 Å². The number of aromatic carboxylic acids is 1. The third-order valence-corrected chi connectivity index (χ3v) is 8.59. The van der Waals surface area contributed by atoms with E-state index in [9.17, 15) is 14.3 Å². The summed E-state index contributed by atoms with van der Waals surface area (Å²) in [7, 11) is 0. The topological polar surface area (TPSA) is 85.4 Å². The lowest BCUT2D eigenvalue weighted by Gasteiger charge is -2.34. The number of carboxylic acids is 1. The second-order valence-electron chi connectivity index (χ2n) is 11.0. The van der Waals surface area contributed by atoms with Crippen LogP contribution in [-0.2, 0) is 37.3 Å². The molecule has 0 aliphatic carbocycles. The number of fused-ring (bicyclic) bond motifs is 4. The van der Waals surface area contributed by atoms with Gasteiger partial charge < -0.3 is 19.0 Å². The number of carbonyl (C=O) groups is 1. The lowest BCUT2D eigenvalue weighted by Crippen LogP contribution is -2.41. The van der Waals surface area contributed by atoms with Crippen molar-refractivity contribution in [2.45, 2.75) is 58.1 Å². The van der Waals surface area contributed by atoms with Crippen LogP contribution in [-0.4, -0.2) is 53.8 Å². The number of hydrogen-bond acceptors (Lipinski definition) is 5. The Hall–Kier alpha value is -3.79. The summed E-state index contributed by atoms with van der Waals surface area (Å²) in [5.41, 5.74) is 5.33. The number of benzene rings is 3. The number of carboxylic acid groups (broad SMARTS) is 1. The maximum Gasteiger partial charge on any atom is 0.335 e. The van der Waals surface area contributed by atoms with E-state index in [0.717, 1.165) is 58.9 Å². The normalized spacial score (nSPS) is 19.0. The zero-order valence-electron chi connectivity index (χ0n) is 22.6. The van der Waals surface area contributed by atoms with Crippen molar-refractivity contribution < 1.29 is 19.0 Å². The second-order valence-corrected chi connectivity index (χ2v) is 11.5. The van der Waals surface area contributed by atoms with Crippen LogP contribution >= 0.6 is 11.6 Å². The molecule has 2 atom stereocenters. The first kappa shape index (κ1) is 26.1. The zero-order chi connectivity index (χ0) is 28.2.